The largest absolute Gasteiger partial charge is 0.333 e. The molecule has 0 aliphatic carbocycles. The van der Waals surface area contributed by atoms with Crippen LogP contribution in [0.15, 0.2) is 47.4 Å². The van der Waals surface area contributed by atoms with E-state index in [1.807, 2.05) is 31.1 Å². The number of halogens is 2. The average molecular weight is 498 g/mol. The highest BCUT2D eigenvalue weighted by Crippen LogP contribution is 2.28. The fraction of sp³-hybridized carbons (Fsp3) is 0.435. The van der Waals surface area contributed by atoms with Crippen molar-refractivity contribution in [1.82, 2.24) is 14.1 Å². The van der Waals surface area contributed by atoms with Crippen molar-refractivity contribution in [2.75, 3.05) is 40.3 Å². The quantitative estimate of drug-likeness (QED) is 0.543. The molecule has 2 aromatic carbocycles. The Bertz CT molecular complexity index is 1040. The smallest absolute Gasteiger partial charge is 0.254 e. The Morgan fingerprint density at radius 3 is 2.25 bits per heavy atom. The van der Waals surface area contributed by atoms with Crippen molar-refractivity contribution >= 4 is 39.1 Å². The number of rotatable bonds is 8. The Kier molecular flexibility index (Phi) is 8.58. The molecule has 0 aromatic heterocycles. The summed E-state index contributed by atoms with van der Waals surface area (Å²) in [5, 5.41) is 0.759. The maximum Gasteiger partial charge on any atom is 0.254 e. The van der Waals surface area contributed by atoms with Crippen LogP contribution in [0.3, 0.4) is 0 Å². The van der Waals surface area contributed by atoms with E-state index in [4.69, 9.17) is 23.2 Å². The van der Waals surface area contributed by atoms with Gasteiger partial charge in [0.25, 0.3) is 5.91 Å². The molecule has 174 valence electrons. The van der Waals surface area contributed by atoms with Crippen molar-refractivity contribution in [3.63, 3.8) is 0 Å². The summed E-state index contributed by atoms with van der Waals surface area (Å²) in [6, 6.07) is 11.8. The monoisotopic (exact) mass is 497 g/mol. The SMILES string of the molecule is CN(C)CCN(Cc1ccc(Cl)cc1)C(=O)c1ccc(Cl)c(S(=O)(=O)N2CCCCC2)c1. The minimum absolute atomic E-state index is 0.00836. The number of sulfonamides is 1. The van der Waals surface area contributed by atoms with Crippen LogP contribution in [-0.2, 0) is 16.6 Å². The van der Waals surface area contributed by atoms with Crippen LogP contribution in [0.5, 0.6) is 0 Å². The predicted octanol–water partition coefficient (Wildman–Crippen LogP) is 4.37. The van der Waals surface area contributed by atoms with E-state index in [2.05, 4.69) is 0 Å². The fourth-order valence-electron chi connectivity index (χ4n) is 3.64. The molecule has 0 bridgehead atoms. The fourth-order valence-corrected chi connectivity index (χ4v) is 5.79. The van der Waals surface area contributed by atoms with Gasteiger partial charge in [-0.3, -0.25) is 4.79 Å². The highest BCUT2D eigenvalue weighted by molar-refractivity contribution is 7.89. The minimum atomic E-state index is -3.76. The summed E-state index contributed by atoms with van der Waals surface area (Å²) in [5.41, 5.74) is 1.24. The van der Waals surface area contributed by atoms with Crippen LogP contribution >= 0.6 is 23.2 Å². The van der Waals surface area contributed by atoms with Crippen molar-refractivity contribution in [1.29, 1.82) is 0 Å². The molecular formula is C23H29Cl2N3O3S. The molecule has 2 aromatic rings. The lowest BCUT2D eigenvalue weighted by molar-refractivity contribution is 0.0731. The zero-order valence-electron chi connectivity index (χ0n) is 18.4. The molecule has 0 saturated carbocycles. The van der Waals surface area contributed by atoms with E-state index in [1.54, 1.807) is 23.1 Å². The molecule has 1 aliphatic rings. The summed E-state index contributed by atoms with van der Waals surface area (Å²) in [6.45, 7) is 2.50. The molecule has 32 heavy (non-hydrogen) atoms. The van der Waals surface area contributed by atoms with E-state index in [9.17, 15) is 13.2 Å². The Hall–Kier alpha value is -1.64. The number of hydrogen-bond acceptors (Lipinski definition) is 4. The second-order valence-corrected chi connectivity index (χ2v) is 11.0. The Morgan fingerprint density at radius 2 is 1.62 bits per heavy atom. The molecule has 0 spiro atoms. The van der Waals surface area contributed by atoms with Crippen LogP contribution < -0.4 is 0 Å². The molecule has 0 radical (unpaired) electrons. The van der Waals surface area contributed by atoms with Crippen molar-refractivity contribution in [2.45, 2.75) is 30.7 Å². The number of benzene rings is 2. The molecule has 3 rings (SSSR count). The molecule has 1 saturated heterocycles. The van der Waals surface area contributed by atoms with Crippen molar-refractivity contribution in [2.24, 2.45) is 0 Å². The van der Waals surface area contributed by atoms with Crippen LogP contribution in [0, 0.1) is 0 Å². The van der Waals surface area contributed by atoms with E-state index in [0.717, 1.165) is 24.8 Å². The molecule has 1 amide bonds. The van der Waals surface area contributed by atoms with E-state index in [-0.39, 0.29) is 15.8 Å². The number of amides is 1. The number of hydrogen-bond donors (Lipinski definition) is 0. The van der Waals surface area contributed by atoms with Gasteiger partial charge in [-0.05, 0) is 62.8 Å². The van der Waals surface area contributed by atoms with Crippen LogP contribution in [0.4, 0.5) is 0 Å². The first-order valence-corrected chi connectivity index (χ1v) is 12.9. The van der Waals surface area contributed by atoms with Gasteiger partial charge in [0.05, 0.1) is 5.02 Å². The van der Waals surface area contributed by atoms with Gasteiger partial charge in [-0.15, -0.1) is 0 Å². The average Bonchev–Trinajstić information content (AvgIpc) is 2.78. The number of carbonyl (C=O) groups is 1. The molecule has 1 aliphatic heterocycles. The topological polar surface area (TPSA) is 60.9 Å². The molecule has 1 heterocycles. The van der Waals surface area contributed by atoms with Gasteiger partial charge in [-0.25, -0.2) is 8.42 Å². The Morgan fingerprint density at radius 1 is 0.969 bits per heavy atom. The van der Waals surface area contributed by atoms with Crippen molar-refractivity contribution in [3.05, 3.63) is 63.6 Å². The lowest BCUT2D eigenvalue weighted by Gasteiger charge is -2.27. The molecule has 0 unspecified atom stereocenters. The van der Waals surface area contributed by atoms with Gasteiger partial charge in [-0.2, -0.15) is 4.31 Å². The van der Waals surface area contributed by atoms with E-state index < -0.39 is 10.0 Å². The first-order valence-electron chi connectivity index (χ1n) is 10.7. The van der Waals surface area contributed by atoms with Gasteiger partial charge in [0.2, 0.25) is 10.0 Å². The van der Waals surface area contributed by atoms with Gasteiger partial charge >= 0.3 is 0 Å². The summed E-state index contributed by atoms with van der Waals surface area (Å²) in [7, 11) is 0.126. The standard InChI is InChI=1S/C23H29Cl2N3O3S/c1-26(2)14-15-27(17-18-6-9-20(24)10-7-18)23(29)19-8-11-21(25)22(16-19)32(30,31)28-12-4-3-5-13-28/h6-11,16H,3-5,12-15,17H2,1-2H3. The predicted molar refractivity (Wildman–Crippen MR) is 129 cm³/mol. The minimum Gasteiger partial charge on any atom is -0.333 e. The number of nitrogens with zero attached hydrogens (tertiary/aromatic N) is 3. The van der Waals surface area contributed by atoms with Gasteiger partial charge < -0.3 is 9.80 Å². The van der Waals surface area contributed by atoms with Crippen LogP contribution in [0.25, 0.3) is 0 Å². The van der Waals surface area contributed by atoms with Crippen LogP contribution in [0.1, 0.15) is 35.2 Å². The molecule has 1 fully saturated rings. The van der Waals surface area contributed by atoms with E-state index in [1.165, 1.54) is 16.4 Å². The normalized spacial score (nSPS) is 15.2. The van der Waals surface area contributed by atoms with Gasteiger partial charge in [0.1, 0.15) is 4.90 Å². The lowest BCUT2D eigenvalue weighted by atomic mass is 10.1. The third-order valence-electron chi connectivity index (χ3n) is 5.50. The summed E-state index contributed by atoms with van der Waals surface area (Å²) >= 11 is 12.3. The van der Waals surface area contributed by atoms with Gasteiger partial charge in [0, 0.05) is 43.3 Å². The Labute approximate surface area is 200 Å². The second kappa shape index (κ2) is 11.0. The maximum atomic E-state index is 13.4. The summed E-state index contributed by atoms with van der Waals surface area (Å²) in [6.07, 6.45) is 2.67. The van der Waals surface area contributed by atoms with E-state index in [0.29, 0.717) is 43.3 Å². The molecule has 0 N–H and O–H groups in total. The zero-order chi connectivity index (χ0) is 23.3. The highest BCUT2D eigenvalue weighted by Gasteiger charge is 2.29. The zero-order valence-corrected chi connectivity index (χ0v) is 20.8. The summed E-state index contributed by atoms with van der Waals surface area (Å²) < 4.78 is 27.8. The third-order valence-corrected chi connectivity index (χ3v) is 8.13. The lowest BCUT2D eigenvalue weighted by Crippen LogP contribution is -2.37. The van der Waals surface area contributed by atoms with Crippen molar-refractivity contribution in [3.8, 4) is 0 Å². The van der Waals surface area contributed by atoms with E-state index >= 15 is 0 Å². The Balaban J connectivity index is 1.89. The number of likely N-dealkylation sites (N-methyl/N-ethyl adjacent to an activating group) is 1. The number of piperidine rings is 1. The van der Waals surface area contributed by atoms with Crippen LogP contribution in [0.2, 0.25) is 10.0 Å². The first-order chi connectivity index (χ1) is 15.2. The highest BCUT2D eigenvalue weighted by atomic mass is 35.5. The molecular weight excluding hydrogens is 469 g/mol. The van der Waals surface area contributed by atoms with Crippen molar-refractivity contribution < 1.29 is 13.2 Å². The maximum absolute atomic E-state index is 13.4. The summed E-state index contributed by atoms with van der Waals surface area (Å²) in [4.78, 5) is 17.1. The van der Waals surface area contributed by atoms with Gasteiger partial charge in [0.15, 0.2) is 0 Å². The third kappa shape index (κ3) is 6.23. The van der Waals surface area contributed by atoms with Crippen LogP contribution in [-0.4, -0.2) is 68.7 Å². The molecule has 9 heteroatoms. The molecule has 6 nitrogen and oxygen atoms in total. The molecule has 0 atom stereocenters. The number of carbonyl (C=O) groups excluding carboxylic acids is 1. The van der Waals surface area contributed by atoms with Gasteiger partial charge in [-0.1, -0.05) is 41.8 Å². The first kappa shape index (κ1) is 25.0. The second-order valence-electron chi connectivity index (χ2n) is 8.27. The summed E-state index contributed by atoms with van der Waals surface area (Å²) in [5.74, 6) is -0.242.